The second-order valence-electron chi connectivity index (χ2n) is 11.5. The fraction of sp³-hybridized carbons (Fsp3) is 0.290. The predicted molar refractivity (Wildman–Crippen MR) is 154 cm³/mol. The van der Waals surface area contributed by atoms with Crippen molar-refractivity contribution in [2.24, 2.45) is 0 Å². The smallest absolute Gasteiger partial charge is 0.419 e. The summed E-state index contributed by atoms with van der Waals surface area (Å²) in [6.07, 6.45) is -0.536. The zero-order chi connectivity index (χ0) is 27.8. The molecule has 0 spiro atoms. The largest absolute Gasteiger partial charge is 0.537 e. The van der Waals surface area contributed by atoms with E-state index in [9.17, 15) is 14.7 Å². The Morgan fingerprint density at radius 3 is 1.79 bits per heavy atom. The van der Waals surface area contributed by atoms with E-state index in [1.54, 1.807) is 12.1 Å². The molecule has 0 unspecified atom stereocenters. The highest BCUT2D eigenvalue weighted by molar-refractivity contribution is 6.80. The minimum atomic E-state index is -2.29. The standard InChI is InChI=1S/C31H35NO5Si/c1-20-25-23(32(27(20)30(2,3)4)29(35)36-31(5,6)7)18-19-24(26(25)28(33)34)37-38(21-14-10-8-11-15-21)22-16-12-9-13-17-22/h8-19,38H,1-7H3,(H,33,34). The zero-order valence-corrected chi connectivity index (χ0v) is 24.2. The van der Waals surface area contributed by atoms with Gasteiger partial charge in [-0.2, -0.15) is 0 Å². The molecule has 4 rings (SSSR count). The fourth-order valence-corrected chi connectivity index (χ4v) is 7.21. The van der Waals surface area contributed by atoms with E-state index in [1.165, 1.54) is 4.57 Å². The molecule has 0 amide bonds. The number of carboxylic acids is 1. The predicted octanol–water partition coefficient (Wildman–Crippen LogP) is 5.65. The van der Waals surface area contributed by atoms with Gasteiger partial charge in [-0.3, -0.25) is 0 Å². The number of aromatic nitrogens is 1. The van der Waals surface area contributed by atoms with Gasteiger partial charge in [0, 0.05) is 16.5 Å². The van der Waals surface area contributed by atoms with Gasteiger partial charge in [0.05, 0.1) is 5.52 Å². The van der Waals surface area contributed by atoms with Crippen LogP contribution in [-0.2, 0) is 10.2 Å². The Morgan fingerprint density at radius 1 is 0.816 bits per heavy atom. The maximum Gasteiger partial charge on any atom is 0.419 e. The molecule has 0 fully saturated rings. The number of hydrogen-bond donors (Lipinski definition) is 1. The lowest BCUT2D eigenvalue weighted by atomic mass is 9.88. The lowest BCUT2D eigenvalue weighted by molar-refractivity contribution is 0.0534. The van der Waals surface area contributed by atoms with Crippen molar-refractivity contribution >= 4 is 42.4 Å². The maximum atomic E-state index is 13.4. The second-order valence-corrected chi connectivity index (χ2v) is 13.8. The van der Waals surface area contributed by atoms with E-state index in [0.29, 0.717) is 22.3 Å². The van der Waals surface area contributed by atoms with Crippen molar-refractivity contribution < 1.29 is 23.9 Å². The Bertz CT molecular complexity index is 1440. The average molecular weight is 530 g/mol. The molecule has 0 radical (unpaired) electrons. The first-order valence-corrected chi connectivity index (χ1v) is 14.3. The van der Waals surface area contributed by atoms with Gasteiger partial charge >= 0.3 is 12.1 Å². The van der Waals surface area contributed by atoms with Gasteiger partial charge in [0.2, 0.25) is 0 Å². The van der Waals surface area contributed by atoms with Crippen LogP contribution in [0.15, 0.2) is 72.8 Å². The molecule has 1 heterocycles. The van der Waals surface area contributed by atoms with Crippen LogP contribution in [-0.4, -0.2) is 36.4 Å². The third-order valence-electron chi connectivity index (χ3n) is 6.29. The number of fused-ring (bicyclic) bond motifs is 1. The summed E-state index contributed by atoms with van der Waals surface area (Å²) in [7, 11) is -2.29. The summed E-state index contributed by atoms with van der Waals surface area (Å²) in [5, 5.41) is 13.0. The van der Waals surface area contributed by atoms with Crippen LogP contribution >= 0.6 is 0 Å². The summed E-state index contributed by atoms with van der Waals surface area (Å²) in [5.74, 6) is -0.816. The van der Waals surface area contributed by atoms with Crippen molar-refractivity contribution in [2.45, 2.75) is 59.5 Å². The van der Waals surface area contributed by atoms with E-state index in [4.69, 9.17) is 9.16 Å². The van der Waals surface area contributed by atoms with Crippen LogP contribution in [0.1, 0.15) is 63.2 Å². The van der Waals surface area contributed by atoms with Crippen molar-refractivity contribution in [3.05, 3.63) is 89.6 Å². The molecule has 0 atom stereocenters. The number of carboxylic acid groups (broad SMARTS) is 1. The number of carbonyl (C=O) groups excluding carboxylic acids is 1. The zero-order valence-electron chi connectivity index (χ0n) is 23.0. The lowest BCUT2D eigenvalue weighted by Crippen LogP contribution is -2.47. The van der Waals surface area contributed by atoms with Crippen LogP contribution < -0.4 is 14.8 Å². The Hall–Kier alpha value is -3.84. The normalized spacial score (nSPS) is 12.1. The summed E-state index contributed by atoms with van der Waals surface area (Å²) >= 11 is 0. The molecule has 3 aromatic carbocycles. The van der Waals surface area contributed by atoms with E-state index in [0.717, 1.165) is 15.9 Å². The van der Waals surface area contributed by atoms with Crippen molar-refractivity contribution in [3.8, 4) is 5.75 Å². The topological polar surface area (TPSA) is 77.8 Å². The number of aryl methyl sites for hydroxylation is 1. The number of hydrogen-bond acceptors (Lipinski definition) is 4. The SMILES string of the molecule is Cc1c(C(C)(C)C)n(C(=O)OC(C)(C)C)c2ccc(O[SiH](c3ccccc3)c3ccccc3)c(C(=O)O)c12. The Morgan fingerprint density at radius 2 is 1.34 bits per heavy atom. The Balaban J connectivity index is 1.97. The highest BCUT2D eigenvalue weighted by Gasteiger charge is 2.33. The quantitative estimate of drug-likeness (QED) is 0.338. The molecule has 0 aliphatic carbocycles. The molecular weight excluding hydrogens is 494 g/mol. The van der Waals surface area contributed by atoms with Crippen LogP contribution in [0, 0.1) is 6.92 Å². The minimum absolute atomic E-state index is 0.0529. The first kappa shape index (κ1) is 27.2. The number of nitrogens with zero attached hydrogens (tertiary/aromatic N) is 1. The second kappa shape index (κ2) is 10.1. The van der Waals surface area contributed by atoms with E-state index in [1.807, 2.05) is 109 Å². The molecule has 4 aromatic rings. The lowest BCUT2D eigenvalue weighted by Gasteiger charge is -2.25. The summed E-state index contributed by atoms with van der Waals surface area (Å²) in [6, 6.07) is 23.3. The summed E-state index contributed by atoms with van der Waals surface area (Å²) in [6.45, 7) is 13.3. The van der Waals surface area contributed by atoms with Gasteiger partial charge in [0.1, 0.15) is 16.9 Å². The van der Waals surface area contributed by atoms with Gasteiger partial charge in [-0.05, 0) is 55.8 Å². The third kappa shape index (κ3) is 5.38. The summed E-state index contributed by atoms with van der Waals surface area (Å²) in [5.41, 5.74) is 0.809. The minimum Gasteiger partial charge on any atom is -0.537 e. The van der Waals surface area contributed by atoms with E-state index in [2.05, 4.69) is 0 Å². The number of benzene rings is 3. The van der Waals surface area contributed by atoms with Crippen molar-refractivity contribution in [1.29, 1.82) is 0 Å². The number of ether oxygens (including phenoxy) is 1. The molecule has 1 aromatic heterocycles. The molecular formula is C31H35NO5Si. The molecule has 198 valence electrons. The average Bonchev–Trinajstić information content (AvgIpc) is 3.15. The molecule has 0 saturated carbocycles. The monoisotopic (exact) mass is 529 g/mol. The van der Waals surface area contributed by atoms with Gasteiger partial charge in [-0.1, -0.05) is 81.4 Å². The number of aromatic carboxylic acids is 1. The molecule has 0 aliphatic heterocycles. The van der Waals surface area contributed by atoms with E-state index >= 15 is 0 Å². The van der Waals surface area contributed by atoms with Crippen LogP contribution in [0.3, 0.4) is 0 Å². The van der Waals surface area contributed by atoms with Crippen LogP contribution in [0.5, 0.6) is 5.75 Å². The third-order valence-corrected chi connectivity index (χ3v) is 8.76. The molecule has 6 nitrogen and oxygen atoms in total. The molecule has 7 heteroatoms. The first-order valence-electron chi connectivity index (χ1n) is 12.7. The van der Waals surface area contributed by atoms with Crippen molar-refractivity contribution in [1.82, 2.24) is 4.57 Å². The number of carbonyl (C=O) groups is 2. The first-order chi connectivity index (χ1) is 17.8. The molecule has 0 saturated heterocycles. The van der Waals surface area contributed by atoms with Gasteiger partial charge in [0.15, 0.2) is 0 Å². The summed E-state index contributed by atoms with van der Waals surface area (Å²) in [4.78, 5) is 26.3. The van der Waals surface area contributed by atoms with E-state index < -0.39 is 32.1 Å². The van der Waals surface area contributed by atoms with Crippen LogP contribution in [0.4, 0.5) is 4.79 Å². The van der Waals surface area contributed by atoms with Crippen molar-refractivity contribution in [2.75, 3.05) is 0 Å². The fourth-order valence-electron chi connectivity index (χ4n) is 4.96. The van der Waals surface area contributed by atoms with Gasteiger partial charge in [-0.15, -0.1) is 0 Å². The Labute approximate surface area is 225 Å². The van der Waals surface area contributed by atoms with Gasteiger partial charge in [0.25, 0.3) is 9.04 Å². The molecule has 1 N–H and O–H groups in total. The Kier molecular flexibility index (Phi) is 7.26. The molecule has 0 bridgehead atoms. The van der Waals surface area contributed by atoms with Gasteiger partial charge in [-0.25, -0.2) is 14.2 Å². The summed E-state index contributed by atoms with van der Waals surface area (Å²) < 4.78 is 13.9. The van der Waals surface area contributed by atoms with Crippen molar-refractivity contribution in [3.63, 3.8) is 0 Å². The maximum absolute atomic E-state index is 13.4. The van der Waals surface area contributed by atoms with E-state index in [-0.39, 0.29) is 5.56 Å². The van der Waals surface area contributed by atoms with Crippen LogP contribution in [0.2, 0.25) is 0 Å². The van der Waals surface area contributed by atoms with Crippen LogP contribution in [0.25, 0.3) is 10.9 Å². The number of rotatable bonds is 5. The molecule has 0 aliphatic rings. The highest BCUT2D eigenvalue weighted by atomic mass is 28.3. The molecule has 38 heavy (non-hydrogen) atoms. The van der Waals surface area contributed by atoms with Gasteiger partial charge < -0.3 is 14.3 Å². The highest BCUT2D eigenvalue weighted by Crippen LogP contribution is 2.39.